The molecule has 4 rings (SSSR count). The Hall–Kier alpha value is -3.78. The number of furan rings is 1. The Morgan fingerprint density at radius 3 is 2.41 bits per heavy atom. The number of para-hydroxylation sites is 1. The Morgan fingerprint density at radius 2 is 1.71 bits per heavy atom. The molecule has 1 fully saturated rings. The van der Waals surface area contributed by atoms with Gasteiger partial charge in [0.15, 0.2) is 0 Å². The molecule has 178 valence electrons. The molecule has 34 heavy (non-hydrogen) atoms. The quantitative estimate of drug-likeness (QED) is 0.501. The van der Waals surface area contributed by atoms with Gasteiger partial charge in [0, 0.05) is 45.0 Å². The van der Waals surface area contributed by atoms with Gasteiger partial charge in [-0.3, -0.25) is 14.5 Å². The molecule has 8 heteroatoms. The monoisotopic (exact) mass is 462 g/mol. The van der Waals surface area contributed by atoms with Gasteiger partial charge in [0.2, 0.25) is 0 Å². The first-order chi connectivity index (χ1) is 16.6. The van der Waals surface area contributed by atoms with Gasteiger partial charge in [-0.05, 0) is 42.0 Å². The van der Waals surface area contributed by atoms with Crippen LogP contribution >= 0.6 is 0 Å². The van der Waals surface area contributed by atoms with Crippen molar-refractivity contribution in [3.05, 3.63) is 84.3 Å². The van der Waals surface area contributed by atoms with E-state index in [1.165, 1.54) is 5.69 Å². The smallest absolute Gasteiger partial charge is 0.309 e. The first-order valence-corrected chi connectivity index (χ1v) is 11.4. The fourth-order valence-electron chi connectivity index (χ4n) is 4.14. The summed E-state index contributed by atoms with van der Waals surface area (Å²) >= 11 is 0. The lowest BCUT2D eigenvalue weighted by atomic mass is 10.1. The van der Waals surface area contributed by atoms with Gasteiger partial charge in [0.05, 0.1) is 19.4 Å². The molecule has 0 radical (unpaired) electrons. The first-order valence-electron chi connectivity index (χ1n) is 11.4. The molecule has 0 bridgehead atoms. The molecule has 1 aliphatic rings. The molecule has 0 spiro atoms. The highest BCUT2D eigenvalue weighted by Crippen LogP contribution is 2.24. The SMILES string of the molecule is COc1cccc(CNC(=O)C(=O)NC[C@@H](c2ccco2)N2CCN(c3ccccc3)CC2)c1. The number of nitrogens with one attached hydrogen (secondary N) is 2. The minimum absolute atomic E-state index is 0.150. The van der Waals surface area contributed by atoms with Crippen LogP contribution in [0.2, 0.25) is 0 Å². The number of hydrogen-bond donors (Lipinski definition) is 2. The van der Waals surface area contributed by atoms with E-state index in [1.54, 1.807) is 13.4 Å². The van der Waals surface area contributed by atoms with Crippen LogP contribution in [0.5, 0.6) is 5.75 Å². The van der Waals surface area contributed by atoms with Crippen LogP contribution in [0.4, 0.5) is 5.69 Å². The largest absolute Gasteiger partial charge is 0.497 e. The van der Waals surface area contributed by atoms with Crippen molar-refractivity contribution in [2.45, 2.75) is 12.6 Å². The number of amides is 2. The van der Waals surface area contributed by atoms with E-state index < -0.39 is 11.8 Å². The third kappa shape index (κ3) is 5.96. The Kier molecular flexibility index (Phi) is 7.83. The van der Waals surface area contributed by atoms with E-state index >= 15 is 0 Å². The molecule has 1 atom stereocenters. The highest BCUT2D eigenvalue weighted by molar-refractivity contribution is 6.35. The summed E-state index contributed by atoms with van der Waals surface area (Å²) in [5.41, 5.74) is 2.06. The van der Waals surface area contributed by atoms with E-state index in [0.29, 0.717) is 5.75 Å². The molecule has 1 aromatic heterocycles. The van der Waals surface area contributed by atoms with Gasteiger partial charge in [0.25, 0.3) is 0 Å². The molecule has 1 saturated heterocycles. The minimum Gasteiger partial charge on any atom is -0.497 e. The van der Waals surface area contributed by atoms with Crippen molar-refractivity contribution in [1.29, 1.82) is 0 Å². The maximum Gasteiger partial charge on any atom is 0.309 e. The molecular formula is C26H30N4O4. The molecule has 2 aromatic carbocycles. The number of benzene rings is 2. The number of carbonyl (C=O) groups is 2. The third-order valence-electron chi connectivity index (χ3n) is 6.00. The fraction of sp³-hybridized carbons (Fsp3) is 0.308. The summed E-state index contributed by atoms with van der Waals surface area (Å²) in [6.45, 7) is 3.90. The average molecular weight is 463 g/mol. The maximum absolute atomic E-state index is 12.5. The summed E-state index contributed by atoms with van der Waals surface area (Å²) in [5, 5.41) is 5.44. The van der Waals surface area contributed by atoms with Crippen LogP contribution in [-0.4, -0.2) is 56.5 Å². The number of piperazine rings is 1. The second kappa shape index (κ2) is 11.4. The van der Waals surface area contributed by atoms with Crippen LogP contribution in [0.25, 0.3) is 0 Å². The van der Waals surface area contributed by atoms with Crippen LogP contribution in [0, 0.1) is 0 Å². The number of carbonyl (C=O) groups excluding carboxylic acids is 2. The topological polar surface area (TPSA) is 87.0 Å². The number of methoxy groups -OCH3 is 1. The summed E-state index contributed by atoms with van der Waals surface area (Å²) in [4.78, 5) is 29.5. The average Bonchev–Trinajstić information content (AvgIpc) is 3.43. The van der Waals surface area contributed by atoms with Gasteiger partial charge in [0.1, 0.15) is 11.5 Å². The molecule has 3 aromatic rings. The maximum atomic E-state index is 12.5. The Labute approximate surface area is 199 Å². The van der Waals surface area contributed by atoms with Crippen molar-refractivity contribution in [3.63, 3.8) is 0 Å². The Morgan fingerprint density at radius 1 is 0.941 bits per heavy atom. The fourth-order valence-corrected chi connectivity index (χ4v) is 4.14. The normalized spacial score (nSPS) is 14.9. The van der Waals surface area contributed by atoms with Gasteiger partial charge in [-0.15, -0.1) is 0 Å². The number of hydrogen-bond acceptors (Lipinski definition) is 6. The highest BCUT2D eigenvalue weighted by Gasteiger charge is 2.28. The van der Waals surface area contributed by atoms with E-state index in [-0.39, 0.29) is 19.1 Å². The molecule has 2 N–H and O–H groups in total. The molecular weight excluding hydrogens is 432 g/mol. The van der Waals surface area contributed by atoms with Crippen LogP contribution < -0.4 is 20.3 Å². The van der Waals surface area contributed by atoms with Crippen molar-refractivity contribution in [2.24, 2.45) is 0 Å². The standard InChI is InChI=1S/C26H30N4O4/c1-33-22-10-5-7-20(17-22)18-27-25(31)26(32)28-19-23(24-11-6-16-34-24)30-14-12-29(13-15-30)21-8-3-2-4-9-21/h2-11,16-17,23H,12-15,18-19H2,1H3,(H,27,31)(H,28,32)/t23-/m0/s1. The van der Waals surface area contributed by atoms with Crippen molar-refractivity contribution >= 4 is 17.5 Å². The molecule has 0 aliphatic carbocycles. The predicted molar refractivity (Wildman–Crippen MR) is 130 cm³/mol. The second-order valence-corrected chi connectivity index (χ2v) is 8.13. The number of ether oxygens (including phenoxy) is 1. The summed E-state index contributed by atoms with van der Waals surface area (Å²) < 4.78 is 10.9. The number of nitrogens with zero attached hydrogens (tertiary/aromatic N) is 2. The van der Waals surface area contributed by atoms with Gasteiger partial charge in [-0.25, -0.2) is 0 Å². The van der Waals surface area contributed by atoms with E-state index in [9.17, 15) is 9.59 Å². The van der Waals surface area contributed by atoms with Gasteiger partial charge >= 0.3 is 11.8 Å². The van der Waals surface area contributed by atoms with Crippen molar-refractivity contribution in [2.75, 3.05) is 44.7 Å². The molecule has 0 unspecified atom stereocenters. The van der Waals surface area contributed by atoms with Crippen LogP contribution in [0.3, 0.4) is 0 Å². The zero-order valence-corrected chi connectivity index (χ0v) is 19.3. The third-order valence-corrected chi connectivity index (χ3v) is 6.00. The summed E-state index contributed by atoms with van der Waals surface area (Å²) in [6, 6.07) is 21.3. The van der Waals surface area contributed by atoms with Gasteiger partial charge < -0.3 is 24.7 Å². The first kappa shape index (κ1) is 23.4. The lowest BCUT2D eigenvalue weighted by molar-refractivity contribution is -0.139. The van der Waals surface area contributed by atoms with E-state index in [4.69, 9.17) is 9.15 Å². The van der Waals surface area contributed by atoms with E-state index in [1.807, 2.05) is 54.6 Å². The zero-order chi connectivity index (χ0) is 23.8. The summed E-state index contributed by atoms with van der Waals surface area (Å²) in [5.74, 6) is 0.132. The van der Waals surface area contributed by atoms with Crippen molar-refractivity contribution in [3.8, 4) is 5.75 Å². The van der Waals surface area contributed by atoms with Crippen molar-refractivity contribution in [1.82, 2.24) is 15.5 Å². The van der Waals surface area contributed by atoms with Gasteiger partial charge in [-0.2, -0.15) is 0 Å². The molecule has 2 heterocycles. The number of rotatable bonds is 8. The van der Waals surface area contributed by atoms with Crippen LogP contribution in [0.15, 0.2) is 77.4 Å². The van der Waals surface area contributed by atoms with Crippen LogP contribution in [-0.2, 0) is 16.1 Å². The molecule has 2 amide bonds. The predicted octanol–water partition coefficient (Wildman–Crippen LogP) is 2.58. The highest BCUT2D eigenvalue weighted by atomic mass is 16.5. The summed E-state index contributed by atoms with van der Waals surface area (Å²) in [6.07, 6.45) is 1.63. The minimum atomic E-state index is -0.671. The summed E-state index contributed by atoms with van der Waals surface area (Å²) in [7, 11) is 1.59. The van der Waals surface area contributed by atoms with E-state index in [0.717, 1.165) is 37.5 Å². The molecule has 0 saturated carbocycles. The zero-order valence-electron chi connectivity index (χ0n) is 19.3. The van der Waals surface area contributed by atoms with Gasteiger partial charge in [-0.1, -0.05) is 30.3 Å². The molecule has 8 nitrogen and oxygen atoms in total. The van der Waals surface area contributed by atoms with Crippen molar-refractivity contribution < 1.29 is 18.7 Å². The second-order valence-electron chi connectivity index (χ2n) is 8.13. The number of anilines is 1. The Bertz CT molecular complexity index is 1060. The lowest BCUT2D eigenvalue weighted by Gasteiger charge is -2.39. The molecule has 1 aliphatic heterocycles. The lowest BCUT2D eigenvalue weighted by Crippen LogP contribution is -2.50. The van der Waals surface area contributed by atoms with Crippen LogP contribution in [0.1, 0.15) is 17.4 Å². The van der Waals surface area contributed by atoms with E-state index in [2.05, 4.69) is 32.6 Å². The Balaban J connectivity index is 1.31.